The number of anilines is 1. The van der Waals surface area contributed by atoms with Crippen LogP contribution in [0.15, 0.2) is 42.5 Å². The monoisotopic (exact) mass is 382 g/mol. The third-order valence-corrected chi connectivity index (χ3v) is 5.42. The van der Waals surface area contributed by atoms with Gasteiger partial charge in [-0.15, -0.1) is 11.3 Å². The van der Waals surface area contributed by atoms with Crippen molar-refractivity contribution in [2.75, 3.05) is 18.4 Å². The van der Waals surface area contributed by atoms with Crippen LogP contribution in [-0.2, 0) is 0 Å². The molecule has 5 nitrogen and oxygen atoms in total. The van der Waals surface area contributed by atoms with Crippen LogP contribution in [-0.4, -0.2) is 24.1 Å². The molecule has 2 aromatic carbocycles. The van der Waals surface area contributed by atoms with Gasteiger partial charge in [0.1, 0.15) is 5.01 Å². The number of thiazole rings is 1. The fourth-order valence-corrected chi connectivity index (χ4v) is 3.92. The van der Waals surface area contributed by atoms with Gasteiger partial charge < -0.3 is 16.4 Å². The van der Waals surface area contributed by atoms with Crippen molar-refractivity contribution in [3.63, 3.8) is 0 Å². The SMILES string of the molecule is Cc1ccc2nc(-c3ccc(NC(=O)NCCCCCCN)cc3)sc2c1. The van der Waals surface area contributed by atoms with Crippen molar-refractivity contribution in [2.24, 2.45) is 5.73 Å². The number of rotatable bonds is 8. The van der Waals surface area contributed by atoms with Gasteiger partial charge in [0.25, 0.3) is 0 Å². The Balaban J connectivity index is 1.53. The highest BCUT2D eigenvalue weighted by Crippen LogP contribution is 2.31. The Morgan fingerprint density at radius 3 is 2.63 bits per heavy atom. The van der Waals surface area contributed by atoms with E-state index in [0.717, 1.165) is 54.0 Å². The molecule has 0 aliphatic heterocycles. The average Bonchev–Trinajstić information content (AvgIpc) is 3.08. The first-order valence-electron chi connectivity index (χ1n) is 9.38. The maximum Gasteiger partial charge on any atom is 0.319 e. The Labute approximate surface area is 164 Å². The van der Waals surface area contributed by atoms with Crippen molar-refractivity contribution in [2.45, 2.75) is 32.6 Å². The molecule has 1 aromatic heterocycles. The Hall–Kier alpha value is -2.44. The fraction of sp³-hybridized carbons (Fsp3) is 0.333. The number of nitrogens with zero attached hydrogens (tertiary/aromatic N) is 1. The Morgan fingerprint density at radius 1 is 1.07 bits per heavy atom. The van der Waals surface area contributed by atoms with Gasteiger partial charge in [-0.05, 0) is 68.3 Å². The Bertz CT molecular complexity index is 889. The second-order valence-corrected chi connectivity index (χ2v) is 7.68. The minimum atomic E-state index is -0.169. The molecule has 0 unspecified atom stereocenters. The molecule has 0 bridgehead atoms. The molecular weight excluding hydrogens is 356 g/mol. The van der Waals surface area contributed by atoms with Crippen molar-refractivity contribution in [3.8, 4) is 10.6 Å². The number of carbonyl (C=O) groups excluding carboxylic acids is 1. The van der Waals surface area contributed by atoms with E-state index in [1.807, 2.05) is 24.3 Å². The summed E-state index contributed by atoms with van der Waals surface area (Å²) in [5, 5.41) is 6.75. The van der Waals surface area contributed by atoms with Gasteiger partial charge in [-0.2, -0.15) is 0 Å². The van der Waals surface area contributed by atoms with Crippen LogP contribution in [0.3, 0.4) is 0 Å². The molecule has 27 heavy (non-hydrogen) atoms. The van der Waals surface area contributed by atoms with E-state index in [1.165, 1.54) is 10.3 Å². The minimum Gasteiger partial charge on any atom is -0.338 e. The molecule has 6 heteroatoms. The molecule has 0 atom stereocenters. The van der Waals surface area contributed by atoms with Gasteiger partial charge in [0.15, 0.2) is 0 Å². The fourth-order valence-electron chi connectivity index (χ4n) is 2.85. The molecule has 1 heterocycles. The van der Waals surface area contributed by atoms with Crippen molar-refractivity contribution < 1.29 is 4.79 Å². The Morgan fingerprint density at radius 2 is 1.85 bits per heavy atom. The summed E-state index contributed by atoms with van der Waals surface area (Å²) in [6.45, 7) is 3.50. The predicted molar refractivity (Wildman–Crippen MR) is 114 cm³/mol. The van der Waals surface area contributed by atoms with Gasteiger partial charge in [0.05, 0.1) is 10.2 Å². The van der Waals surface area contributed by atoms with Crippen LogP contribution in [0, 0.1) is 6.92 Å². The Kier molecular flexibility index (Phi) is 6.79. The summed E-state index contributed by atoms with van der Waals surface area (Å²) in [6.07, 6.45) is 4.23. The maximum atomic E-state index is 12.0. The third-order valence-electron chi connectivity index (χ3n) is 4.35. The summed E-state index contributed by atoms with van der Waals surface area (Å²) in [5.41, 5.74) is 9.56. The third kappa shape index (κ3) is 5.52. The standard InChI is InChI=1S/C21H26N4OS/c1-15-6-11-18-19(14-15)27-20(25-18)16-7-9-17(10-8-16)24-21(26)23-13-5-3-2-4-12-22/h6-11,14H,2-5,12-13,22H2,1H3,(H2,23,24,26). The lowest BCUT2D eigenvalue weighted by Gasteiger charge is -2.08. The van der Waals surface area contributed by atoms with Gasteiger partial charge in [-0.1, -0.05) is 18.9 Å². The number of benzene rings is 2. The van der Waals surface area contributed by atoms with E-state index in [9.17, 15) is 4.79 Å². The molecule has 0 saturated carbocycles. The zero-order valence-electron chi connectivity index (χ0n) is 15.6. The first-order chi connectivity index (χ1) is 13.2. The lowest BCUT2D eigenvalue weighted by atomic mass is 10.2. The zero-order chi connectivity index (χ0) is 19.1. The lowest BCUT2D eigenvalue weighted by Crippen LogP contribution is -2.29. The van der Waals surface area contributed by atoms with Crippen LogP contribution in [0.4, 0.5) is 10.5 Å². The highest BCUT2D eigenvalue weighted by molar-refractivity contribution is 7.21. The molecule has 142 valence electrons. The number of urea groups is 1. The van der Waals surface area contributed by atoms with Gasteiger partial charge in [-0.3, -0.25) is 0 Å². The first kappa shape index (κ1) is 19.3. The molecule has 3 aromatic rings. The number of nitrogens with one attached hydrogen (secondary N) is 2. The molecule has 4 N–H and O–H groups in total. The minimum absolute atomic E-state index is 0.169. The smallest absolute Gasteiger partial charge is 0.319 e. The number of hydrogen-bond acceptors (Lipinski definition) is 4. The largest absolute Gasteiger partial charge is 0.338 e. The van der Waals surface area contributed by atoms with E-state index in [1.54, 1.807) is 11.3 Å². The maximum absolute atomic E-state index is 12.0. The van der Waals surface area contributed by atoms with E-state index in [4.69, 9.17) is 10.7 Å². The molecule has 0 radical (unpaired) electrons. The average molecular weight is 383 g/mol. The summed E-state index contributed by atoms with van der Waals surface area (Å²) in [5.74, 6) is 0. The van der Waals surface area contributed by atoms with E-state index in [0.29, 0.717) is 6.54 Å². The van der Waals surface area contributed by atoms with Crippen molar-refractivity contribution >= 4 is 33.3 Å². The second kappa shape index (κ2) is 9.48. The number of aryl methyl sites for hydroxylation is 1. The van der Waals surface area contributed by atoms with Gasteiger partial charge in [0, 0.05) is 17.8 Å². The molecular formula is C21H26N4OS. The van der Waals surface area contributed by atoms with Gasteiger partial charge in [0.2, 0.25) is 0 Å². The number of amides is 2. The normalized spacial score (nSPS) is 10.9. The van der Waals surface area contributed by atoms with Gasteiger partial charge >= 0.3 is 6.03 Å². The van der Waals surface area contributed by atoms with Crippen molar-refractivity contribution in [3.05, 3.63) is 48.0 Å². The summed E-state index contributed by atoms with van der Waals surface area (Å²) >= 11 is 1.68. The molecule has 3 rings (SSSR count). The first-order valence-corrected chi connectivity index (χ1v) is 10.2. The van der Waals surface area contributed by atoms with Crippen LogP contribution in [0.5, 0.6) is 0 Å². The van der Waals surface area contributed by atoms with Crippen LogP contribution >= 0.6 is 11.3 Å². The number of unbranched alkanes of at least 4 members (excludes halogenated alkanes) is 3. The van der Waals surface area contributed by atoms with Crippen LogP contribution < -0.4 is 16.4 Å². The quantitative estimate of drug-likeness (QED) is 0.484. The summed E-state index contributed by atoms with van der Waals surface area (Å²) in [7, 11) is 0. The molecule has 0 spiro atoms. The number of aromatic nitrogens is 1. The summed E-state index contributed by atoms with van der Waals surface area (Å²) < 4.78 is 1.19. The van der Waals surface area contributed by atoms with E-state index >= 15 is 0 Å². The molecule has 0 saturated heterocycles. The highest BCUT2D eigenvalue weighted by Gasteiger charge is 2.07. The van der Waals surface area contributed by atoms with Crippen molar-refractivity contribution in [1.82, 2.24) is 10.3 Å². The highest BCUT2D eigenvalue weighted by atomic mass is 32.1. The van der Waals surface area contributed by atoms with E-state index < -0.39 is 0 Å². The summed E-state index contributed by atoms with van der Waals surface area (Å²) in [4.78, 5) is 16.6. The molecule has 0 fully saturated rings. The summed E-state index contributed by atoms with van der Waals surface area (Å²) in [6, 6.07) is 13.9. The van der Waals surface area contributed by atoms with Crippen LogP contribution in [0.2, 0.25) is 0 Å². The number of nitrogens with two attached hydrogens (primary N) is 1. The van der Waals surface area contributed by atoms with E-state index in [2.05, 4.69) is 35.8 Å². The zero-order valence-corrected chi connectivity index (χ0v) is 16.4. The van der Waals surface area contributed by atoms with E-state index in [-0.39, 0.29) is 6.03 Å². The number of fused-ring (bicyclic) bond motifs is 1. The number of hydrogen-bond donors (Lipinski definition) is 3. The lowest BCUT2D eigenvalue weighted by molar-refractivity contribution is 0.252. The number of carbonyl (C=O) groups is 1. The van der Waals surface area contributed by atoms with Crippen molar-refractivity contribution in [1.29, 1.82) is 0 Å². The van der Waals surface area contributed by atoms with Gasteiger partial charge in [-0.25, -0.2) is 9.78 Å². The van der Waals surface area contributed by atoms with Crippen LogP contribution in [0.1, 0.15) is 31.2 Å². The predicted octanol–water partition coefficient (Wildman–Crippen LogP) is 4.91. The molecule has 0 aliphatic rings. The molecule has 0 aliphatic carbocycles. The second-order valence-electron chi connectivity index (χ2n) is 6.65. The van der Waals surface area contributed by atoms with Crippen LogP contribution in [0.25, 0.3) is 20.8 Å². The topological polar surface area (TPSA) is 80.0 Å². The molecule has 2 amide bonds.